The van der Waals surface area contributed by atoms with Crippen molar-refractivity contribution in [2.75, 3.05) is 31.1 Å². The molecule has 1 fully saturated rings. The Bertz CT molecular complexity index is 809. The lowest BCUT2D eigenvalue weighted by molar-refractivity contribution is -0.130. The Hall–Kier alpha value is -2.54. The number of aromatic nitrogens is 3. The third-order valence-corrected chi connectivity index (χ3v) is 5.23. The second kappa shape index (κ2) is 6.52. The molecule has 6 nitrogen and oxygen atoms in total. The molecule has 1 saturated heterocycles. The molecule has 2 aromatic heterocycles. The van der Waals surface area contributed by atoms with Gasteiger partial charge in [0.25, 0.3) is 0 Å². The largest absolute Gasteiger partial charge is 0.345 e. The van der Waals surface area contributed by atoms with Crippen molar-refractivity contribution < 1.29 is 4.79 Å². The van der Waals surface area contributed by atoms with E-state index in [2.05, 4.69) is 20.9 Å². The molecule has 0 aliphatic carbocycles. The van der Waals surface area contributed by atoms with Crippen LogP contribution in [0, 0.1) is 0 Å². The molecule has 122 valence electrons. The molecular formula is C17H17N5OS. The average Bonchev–Trinajstić information content (AvgIpc) is 3.07. The Balaban J connectivity index is 1.38. The summed E-state index contributed by atoms with van der Waals surface area (Å²) >= 11 is 1.71. The Morgan fingerprint density at radius 1 is 1.12 bits per heavy atom. The van der Waals surface area contributed by atoms with Crippen LogP contribution in [0.3, 0.4) is 0 Å². The Kier molecular flexibility index (Phi) is 4.08. The van der Waals surface area contributed by atoms with Gasteiger partial charge >= 0.3 is 0 Å². The summed E-state index contributed by atoms with van der Waals surface area (Å²) in [5, 5.41) is 1.04. The molecule has 1 aliphatic rings. The van der Waals surface area contributed by atoms with Gasteiger partial charge in [-0.05, 0) is 12.1 Å². The molecule has 4 rings (SSSR count). The van der Waals surface area contributed by atoms with Crippen LogP contribution in [-0.2, 0) is 11.2 Å². The lowest BCUT2D eigenvalue weighted by Gasteiger charge is -2.34. The van der Waals surface area contributed by atoms with Crippen molar-refractivity contribution in [3.63, 3.8) is 0 Å². The molecule has 1 amide bonds. The van der Waals surface area contributed by atoms with Gasteiger partial charge < -0.3 is 9.80 Å². The van der Waals surface area contributed by atoms with E-state index in [-0.39, 0.29) is 5.91 Å². The molecule has 1 aliphatic heterocycles. The molecule has 0 spiro atoms. The minimum Gasteiger partial charge on any atom is -0.345 e. The summed E-state index contributed by atoms with van der Waals surface area (Å²) in [7, 11) is 0. The summed E-state index contributed by atoms with van der Waals surface area (Å²) in [5.74, 6) is 0.111. The predicted octanol–water partition coefficient (Wildman–Crippen LogP) is 1.98. The molecule has 7 heteroatoms. The van der Waals surface area contributed by atoms with Crippen LogP contribution in [-0.4, -0.2) is 51.9 Å². The number of piperazine rings is 1. The Morgan fingerprint density at radius 2 is 1.96 bits per heavy atom. The molecule has 0 bridgehead atoms. The quantitative estimate of drug-likeness (QED) is 0.730. The number of hydrogen-bond donors (Lipinski definition) is 0. The maximum Gasteiger partial charge on any atom is 0.228 e. The number of anilines is 1. The van der Waals surface area contributed by atoms with Gasteiger partial charge in [-0.15, -0.1) is 0 Å². The van der Waals surface area contributed by atoms with E-state index in [1.165, 1.54) is 4.70 Å². The first-order valence-electron chi connectivity index (χ1n) is 7.93. The number of rotatable bonds is 3. The van der Waals surface area contributed by atoms with Crippen molar-refractivity contribution in [3.8, 4) is 0 Å². The first-order chi connectivity index (χ1) is 11.8. The fraction of sp³-hybridized carbons (Fsp3) is 0.294. The van der Waals surface area contributed by atoms with Gasteiger partial charge in [0.05, 0.1) is 22.3 Å². The van der Waals surface area contributed by atoms with E-state index < -0.39 is 0 Å². The Morgan fingerprint density at radius 3 is 2.71 bits per heavy atom. The van der Waals surface area contributed by atoms with E-state index >= 15 is 0 Å². The fourth-order valence-corrected chi connectivity index (χ4v) is 3.85. The maximum atomic E-state index is 12.4. The number of amides is 1. The molecule has 24 heavy (non-hydrogen) atoms. The topological polar surface area (TPSA) is 62.2 Å². The molecule has 0 radical (unpaired) electrons. The second-order valence-corrected chi connectivity index (χ2v) is 6.71. The van der Waals surface area contributed by atoms with E-state index in [1.807, 2.05) is 23.1 Å². The second-order valence-electron chi connectivity index (χ2n) is 5.71. The minimum absolute atomic E-state index is 0.111. The average molecular weight is 339 g/mol. The SMILES string of the molecule is O=C(Cc1cnccn1)N1CCN(c2nc3ccccc3s2)CC1. The number of fused-ring (bicyclic) bond motifs is 1. The normalized spacial score (nSPS) is 15.0. The van der Waals surface area contributed by atoms with Gasteiger partial charge in [0.2, 0.25) is 5.91 Å². The molecule has 0 N–H and O–H groups in total. The fourth-order valence-electron chi connectivity index (χ4n) is 2.83. The van der Waals surface area contributed by atoms with E-state index in [0.29, 0.717) is 6.42 Å². The molecule has 0 unspecified atom stereocenters. The van der Waals surface area contributed by atoms with Crippen LogP contribution in [0.25, 0.3) is 10.2 Å². The van der Waals surface area contributed by atoms with Crippen LogP contribution < -0.4 is 4.90 Å². The molecule has 3 aromatic rings. The van der Waals surface area contributed by atoms with E-state index in [9.17, 15) is 4.79 Å². The van der Waals surface area contributed by atoms with Crippen LogP contribution >= 0.6 is 11.3 Å². The van der Waals surface area contributed by atoms with Crippen molar-refractivity contribution in [2.24, 2.45) is 0 Å². The first kappa shape index (κ1) is 15.0. The number of carbonyl (C=O) groups excluding carboxylic acids is 1. The highest BCUT2D eigenvalue weighted by Crippen LogP contribution is 2.29. The molecular weight excluding hydrogens is 322 g/mol. The van der Waals surface area contributed by atoms with Crippen LogP contribution in [0.4, 0.5) is 5.13 Å². The number of para-hydroxylation sites is 1. The highest BCUT2D eigenvalue weighted by atomic mass is 32.1. The maximum absolute atomic E-state index is 12.4. The summed E-state index contributed by atoms with van der Waals surface area (Å²) in [5.41, 5.74) is 1.76. The van der Waals surface area contributed by atoms with Crippen molar-refractivity contribution in [3.05, 3.63) is 48.5 Å². The number of thiazole rings is 1. The summed E-state index contributed by atoms with van der Waals surface area (Å²) in [6.07, 6.45) is 5.20. The standard InChI is InChI=1S/C17H17N5OS/c23-16(11-13-12-18-5-6-19-13)21-7-9-22(10-8-21)17-20-14-3-1-2-4-15(14)24-17/h1-6,12H,7-11H2. The van der Waals surface area contributed by atoms with Crippen molar-refractivity contribution in [1.29, 1.82) is 0 Å². The van der Waals surface area contributed by atoms with Gasteiger partial charge in [0, 0.05) is 44.8 Å². The predicted molar refractivity (Wildman–Crippen MR) is 94.1 cm³/mol. The summed E-state index contributed by atoms with van der Waals surface area (Å²) in [6, 6.07) is 8.18. The van der Waals surface area contributed by atoms with E-state index in [1.54, 1.807) is 29.9 Å². The van der Waals surface area contributed by atoms with Crippen LogP contribution in [0.1, 0.15) is 5.69 Å². The van der Waals surface area contributed by atoms with Crippen molar-refractivity contribution in [1.82, 2.24) is 19.9 Å². The smallest absolute Gasteiger partial charge is 0.228 e. The zero-order valence-corrected chi connectivity index (χ0v) is 13.9. The highest BCUT2D eigenvalue weighted by Gasteiger charge is 2.23. The van der Waals surface area contributed by atoms with E-state index in [4.69, 9.17) is 4.98 Å². The van der Waals surface area contributed by atoms with Gasteiger partial charge in [-0.25, -0.2) is 4.98 Å². The third kappa shape index (κ3) is 3.07. The van der Waals surface area contributed by atoms with E-state index in [0.717, 1.165) is 42.5 Å². The Labute approximate surface area is 143 Å². The molecule has 0 atom stereocenters. The van der Waals surface area contributed by atoms with Gasteiger partial charge in [0.1, 0.15) is 0 Å². The van der Waals surface area contributed by atoms with Crippen LogP contribution in [0.15, 0.2) is 42.9 Å². The number of nitrogens with zero attached hydrogens (tertiary/aromatic N) is 5. The van der Waals surface area contributed by atoms with Gasteiger partial charge in [-0.3, -0.25) is 14.8 Å². The van der Waals surface area contributed by atoms with Gasteiger partial charge in [0.15, 0.2) is 5.13 Å². The lowest BCUT2D eigenvalue weighted by atomic mass is 10.2. The third-order valence-electron chi connectivity index (χ3n) is 4.13. The first-order valence-corrected chi connectivity index (χ1v) is 8.74. The lowest BCUT2D eigenvalue weighted by Crippen LogP contribution is -2.49. The zero-order valence-electron chi connectivity index (χ0n) is 13.1. The molecule has 3 heterocycles. The number of carbonyl (C=O) groups is 1. The highest BCUT2D eigenvalue weighted by molar-refractivity contribution is 7.22. The van der Waals surface area contributed by atoms with Crippen LogP contribution in [0.5, 0.6) is 0 Å². The van der Waals surface area contributed by atoms with Gasteiger partial charge in [-0.2, -0.15) is 0 Å². The van der Waals surface area contributed by atoms with Crippen molar-refractivity contribution >= 4 is 32.6 Å². The monoisotopic (exact) mass is 339 g/mol. The summed E-state index contributed by atoms with van der Waals surface area (Å²) in [6.45, 7) is 3.06. The molecule has 0 saturated carbocycles. The van der Waals surface area contributed by atoms with Crippen LogP contribution in [0.2, 0.25) is 0 Å². The minimum atomic E-state index is 0.111. The molecule has 1 aromatic carbocycles. The summed E-state index contributed by atoms with van der Waals surface area (Å²) < 4.78 is 1.20. The van der Waals surface area contributed by atoms with Gasteiger partial charge in [-0.1, -0.05) is 23.5 Å². The number of hydrogen-bond acceptors (Lipinski definition) is 6. The van der Waals surface area contributed by atoms with Crippen molar-refractivity contribution in [2.45, 2.75) is 6.42 Å². The zero-order chi connectivity index (χ0) is 16.4. The summed E-state index contributed by atoms with van der Waals surface area (Å²) in [4.78, 5) is 29.4. The number of benzene rings is 1.